The average molecular weight is 150 g/mol. The molecule has 0 amide bonds. The summed E-state index contributed by atoms with van der Waals surface area (Å²) in [6.07, 6.45) is -0.817. The van der Waals surface area contributed by atoms with Crippen LogP contribution in [0, 0.1) is 13.1 Å². The van der Waals surface area contributed by atoms with Gasteiger partial charge in [-0.2, -0.15) is 4.98 Å². The Kier molecular flexibility index (Phi) is 1.71. The molecule has 1 aromatic rings. The molecular weight excluding hydrogens is 145 g/mol. The summed E-state index contributed by atoms with van der Waals surface area (Å²) in [7, 11) is 0. The van der Waals surface area contributed by atoms with Crippen molar-refractivity contribution < 1.29 is 8.81 Å². The molecular formula is C5H5ClFNO. The lowest BCUT2D eigenvalue weighted by atomic mass is 10.4. The van der Waals surface area contributed by atoms with Gasteiger partial charge in [-0.05, 0) is 6.92 Å². The molecule has 0 saturated carbocycles. The molecule has 50 valence electrons. The zero-order valence-corrected chi connectivity index (χ0v) is 5.57. The maximum atomic E-state index is 12.0. The van der Waals surface area contributed by atoms with Gasteiger partial charge in [-0.1, -0.05) is 0 Å². The summed E-state index contributed by atoms with van der Waals surface area (Å²) in [6.45, 7) is 1.62. The van der Waals surface area contributed by atoms with Gasteiger partial charge >= 0.3 is 6.14 Å². The predicted octanol–water partition coefficient (Wildman–Crippen LogP) is 1.86. The van der Waals surface area contributed by atoms with E-state index in [2.05, 4.69) is 9.40 Å². The minimum Gasteiger partial charge on any atom is -0.420 e. The number of aromatic nitrogens is 1. The maximum absolute atomic E-state index is 12.0. The average Bonchev–Trinajstić information content (AvgIpc) is 2.10. The third kappa shape index (κ3) is 1.21. The molecule has 0 aromatic carbocycles. The number of halogens is 2. The largest absolute Gasteiger partial charge is 0.420 e. The molecule has 0 aliphatic carbocycles. The van der Waals surface area contributed by atoms with Crippen LogP contribution >= 0.6 is 11.6 Å². The molecule has 0 saturated heterocycles. The van der Waals surface area contributed by atoms with E-state index in [4.69, 9.17) is 11.6 Å². The van der Waals surface area contributed by atoms with E-state index in [0.717, 1.165) is 0 Å². The van der Waals surface area contributed by atoms with Gasteiger partial charge in [-0.15, -0.1) is 16.0 Å². The van der Waals surface area contributed by atoms with Crippen LogP contribution in [0.3, 0.4) is 0 Å². The van der Waals surface area contributed by atoms with Crippen LogP contribution in [0.1, 0.15) is 11.5 Å². The van der Waals surface area contributed by atoms with Crippen molar-refractivity contribution in [3.63, 3.8) is 0 Å². The van der Waals surface area contributed by atoms with Gasteiger partial charge in [0.25, 0.3) is 0 Å². The summed E-state index contributed by atoms with van der Waals surface area (Å²) in [6, 6.07) is 0. The molecule has 0 radical (unpaired) electrons. The molecule has 4 heteroatoms. The van der Waals surface area contributed by atoms with Gasteiger partial charge in [0.1, 0.15) is 5.76 Å². The number of alkyl halides is 1. The first-order chi connectivity index (χ1) is 4.24. The summed E-state index contributed by atoms with van der Waals surface area (Å²) in [5.41, 5.74) is 0.467. The molecule has 1 aromatic heterocycles. The number of hydrogen-bond acceptors (Lipinski definition) is 2. The van der Waals surface area contributed by atoms with Gasteiger partial charge in [0.15, 0.2) is 0 Å². The lowest BCUT2D eigenvalue weighted by Crippen LogP contribution is -1.79. The van der Waals surface area contributed by atoms with Crippen LogP contribution < -0.4 is 0 Å². The van der Waals surface area contributed by atoms with E-state index in [1.165, 1.54) is 0 Å². The molecule has 0 bridgehead atoms. The Balaban J connectivity index is 3.01. The number of oxazole rings is 1. The highest BCUT2D eigenvalue weighted by Crippen LogP contribution is 2.09. The summed E-state index contributed by atoms with van der Waals surface area (Å²) in [5.74, 6) is 0.640. The minimum atomic E-state index is -0.817. The lowest BCUT2D eigenvalue weighted by Gasteiger charge is -1.81. The van der Waals surface area contributed by atoms with Gasteiger partial charge < -0.3 is 4.42 Å². The highest BCUT2D eigenvalue weighted by atomic mass is 35.5. The first kappa shape index (κ1) is 6.55. The molecule has 2 nitrogen and oxygen atoms in total. The maximum Gasteiger partial charge on any atom is 0.381 e. The SMILES string of the molecule is Cc1oc(F)nc1CCl. The summed E-state index contributed by atoms with van der Waals surface area (Å²) < 4.78 is 16.5. The normalized spacial score (nSPS) is 10.1. The fourth-order valence-electron chi connectivity index (χ4n) is 0.517. The van der Waals surface area contributed by atoms with Crippen molar-refractivity contribution in [3.05, 3.63) is 17.6 Å². The Labute approximate surface area is 56.6 Å². The molecule has 1 heterocycles. The van der Waals surface area contributed by atoms with Gasteiger partial charge in [0, 0.05) is 0 Å². The Morgan fingerprint density at radius 2 is 2.44 bits per heavy atom. The van der Waals surface area contributed by atoms with Crippen molar-refractivity contribution in [1.82, 2.24) is 4.98 Å². The van der Waals surface area contributed by atoms with Gasteiger partial charge in [-0.25, -0.2) is 0 Å². The Morgan fingerprint density at radius 3 is 2.67 bits per heavy atom. The third-order valence-corrected chi connectivity index (χ3v) is 1.25. The fourth-order valence-corrected chi connectivity index (χ4v) is 0.765. The Morgan fingerprint density at radius 1 is 1.78 bits per heavy atom. The highest BCUT2D eigenvalue weighted by molar-refractivity contribution is 6.16. The summed E-state index contributed by atoms with van der Waals surface area (Å²) in [4.78, 5) is 3.36. The minimum absolute atomic E-state index is 0.194. The van der Waals surface area contributed by atoms with Crippen molar-refractivity contribution in [3.8, 4) is 0 Å². The highest BCUT2D eigenvalue weighted by Gasteiger charge is 2.05. The van der Waals surface area contributed by atoms with Crippen LogP contribution in [0.4, 0.5) is 4.39 Å². The van der Waals surface area contributed by atoms with Crippen LogP contribution in [-0.2, 0) is 5.88 Å². The van der Waals surface area contributed by atoms with Crippen molar-refractivity contribution in [2.45, 2.75) is 12.8 Å². The first-order valence-corrected chi connectivity index (χ1v) is 2.95. The number of hydrogen-bond donors (Lipinski definition) is 0. The van der Waals surface area contributed by atoms with Crippen molar-refractivity contribution >= 4 is 11.6 Å². The monoisotopic (exact) mass is 149 g/mol. The van der Waals surface area contributed by atoms with E-state index in [1.807, 2.05) is 0 Å². The van der Waals surface area contributed by atoms with Gasteiger partial charge in [0.05, 0.1) is 11.6 Å². The first-order valence-electron chi connectivity index (χ1n) is 2.42. The summed E-state index contributed by atoms with van der Waals surface area (Å²) in [5, 5.41) is 0. The predicted molar refractivity (Wildman–Crippen MR) is 30.8 cm³/mol. The third-order valence-electron chi connectivity index (χ3n) is 0.993. The van der Waals surface area contributed by atoms with Gasteiger partial charge in [0.2, 0.25) is 0 Å². The standard InChI is InChI=1S/C5H5ClFNO/c1-3-4(2-6)8-5(7)9-3/h2H2,1H3. The van der Waals surface area contributed by atoms with Crippen LogP contribution in [0.25, 0.3) is 0 Å². The second-order valence-corrected chi connectivity index (χ2v) is 1.87. The van der Waals surface area contributed by atoms with E-state index in [9.17, 15) is 4.39 Å². The van der Waals surface area contributed by atoms with E-state index in [1.54, 1.807) is 6.92 Å². The van der Waals surface area contributed by atoms with E-state index < -0.39 is 6.14 Å². The summed E-state index contributed by atoms with van der Waals surface area (Å²) >= 11 is 5.36. The molecule has 0 unspecified atom stereocenters. The molecule has 0 N–H and O–H groups in total. The van der Waals surface area contributed by atoms with Crippen molar-refractivity contribution in [2.75, 3.05) is 0 Å². The van der Waals surface area contributed by atoms with Crippen LogP contribution in [0.5, 0.6) is 0 Å². The molecule has 1 rings (SSSR count). The Bertz CT molecular complexity index is 211. The van der Waals surface area contributed by atoms with E-state index in [-0.39, 0.29) is 5.88 Å². The zero-order chi connectivity index (χ0) is 6.85. The van der Waals surface area contributed by atoms with Crippen molar-refractivity contribution in [1.29, 1.82) is 0 Å². The van der Waals surface area contributed by atoms with E-state index in [0.29, 0.717) is 11.5 Å². The Hall–Kier alpha value is -0.570. The quantitative estimate of drug-likeness (QED) is 0.570. The van der Waals surface area contributed by atoms with Gasteiger partial charge in [-0.3, -0.25) is 0 Å². The second kappa shape index (κ2) is 2.35. The lowest BCUT2D eigenvalue weighted by molar-refractivity contribution is 0.325. The second-order valence-electron chi connectivity index (χ2n) is 1.60. The molecule has 9 heavy (non-hydrogen) atoms. The molecule has 0 spiro atoms. The number of aryl methyl sites for hydroxylation is 1. The molecule has 0 aliphatic rings. The smallest absolute Gasteiger partial charge is 0.381 e. The number of rotatable bonds is 1. The number of nitrogens with zero attached hydrogens (tertiary/aromatic N) is 1. The van der Waals surface area contributed by atoms with Crippen LogP contribution in [0.2, 0.25) is 0 Å². The van der Waals surface area contributed by atoms with Crippen LogP contribution in [-0.4, -0.2) is 4.98 Å². The molecule has 0 fully saturated rings. The van der Waals surface area contributed by atoms with Crippen molar-refractivity contribution in [2.24, 2.45) is 0 Å². The molecule has 0 atom stereocenters. The fraction of sp³-hybridized carbons (Fsp3) is 0.400. The topological polar surface area (TPSA) is 26.0 Å². The zero-order valence-electron chi connectivity index (χ0n) is 4.82. The molecule has 0 aliphatic heterocycles. The van der Waals surface area contributed by atoms with E-state index >= 15 is 0 Å². The van der Waals surface area contributed by atoms with Crippen LogP contribution in [0.15, 0.2) is 4.42 Å².